The predicted octanol–water partition coefficient (Wildman–Crippen LogP) is 5.42. The second-order valence-corrected chi connectivity index (χ2v) is 6.25. The van der Waals surface area contributed by atoms with E-state index in [4.69, 9.17) is 23.2 Å². The lowest BCUT2D eigenvalue weighted by Crippen LogP contribution is -2.15. The molecule has 0 aliphatic heterocycles. The summed E-state index contributed by atoms with van der Waals surface area (Å²) in [5, 5.41) is 2.82. The summed E-state index contributed by atoms with van der Waals surface area (Å²) < 4.78 is 66.0. The molecule has 0 aliphatic carbocycles. The normalized spacial score (nSPS) is 10.8. The molecule has 0 spiro atoms. The summed E-state index contributed by atoms with van der Waals surface area (Å²) in [7, 11) is 0. The largest absolute Gasteiger partial charge is 0.325 e. The van der Waals surface area contributed by atoms with E-state index >= 15 is 0 Å². The molecule has 0 heterocycles. The molecule has 1 N–H and O–H groups in total. The second-order valence-electron chi connectivity index (χ2n) is 4.39. The Kier molecular flexibility index (Phi) is 5.95. The van der Waals surface area contributed by atoms with Crippen LogP contribution < -0.4 is 5.32 Å². The molecule has 0 unspecified atom stereocenters. The number of carbonyl (C=O) groups is 1. The van der Waals surface area contributed by atoms with Gasteiger partial charge >= 0.3 is 0 Å². The van der Waals surface area contributed by atoms with E-state index in [1.54, 1.807) is 0 Å². The van der Waals surface area contributed by atoms with Crippen LogP contribution in [-0.4, -0.2) is 11.7 Å². The third-order valence-corrected chi connectivity index (χ3v) is 4.15. The van der Waals surface area contributed by atoms with Crippen LogP contribution in [0.25, 0.3) is 0 Å². The molecule has 2 rings (SSSR count). The predicted molar refractivity (Wildman–Crippen MR) is 82.0 cm³/mol. The molecule has 0 atom stereocenters. The number of nitrogens with one attached hydrogen (secondary N) is 1. The van der Waals surface area contributed by atoms with Crippen molar-refractivity contribution >= 4 is 46.6 Å². The zero-order chi connectivity index (χ0) is 18.0. The molecule has 10 heteroatoms. The van der Waals surface area contributed by atoms with E-state index in [-0.39, 0.29) is 27.5 Å². The van der Waals surface area contributed by atoms with E-state index in [0.29, 0.717) is 0 Å². The first-order valence-electron chi connectivity index (χ1n) is 6.11. The Morgan fingerprint density at radius 2 is 1.33 bits per heavy atom. The van der Waals surface area contributed by atoms with Crippen LogP contribution in [0, 0.1) is 29.1 Å². The van der Waals surface area contributed by atoms with Gasteiger partial charge in [-0.05, 0) is 18.2 Å². The minimum atomic E-state index is -2.26. The van der Waals surface area contributed by atoms with E-state index < -0.39 is 45.6 Å². The average Bonchev–Trinajstić information content (AvgIpc) is 2.50. The van der Waals surface area contributed by atoms with Crippen LogP contribution in [-0.2, 0) is 4.79 Å². The molecule has 1 amide bonds. The molecule has 128 valence electrons. The van der Waals surface area contributed by atoms with Crippen molar-refractivity contribution in [1.82, 2.24) is 0 Å². The third-order valence-electron chi connectivity index (χ3n) is 2.66. The summed E-state index contributed by atoms with van der Waals surface area (Å²) >= 11 is 11.6. The number of anilines is 1. The first-order valence-corrected chi connectivity index (χ1v) is 7.85. The highest BCUT2D eigenvalue weighted by Crippen LogP contribution is 2.31. The first kappa shape index (κ1) is 18.8. The summed E-state index contributed by atoms with van der Waals surface area (Å²) in [5.74, 6) is -11.7. The van der Waals surface area contributed by atoms with E-state index in [1.165, 1.54) is 18.2 Å². The van der Waals surface area contributed by atoms with Gasteiger partial charge in [0.1, 0.15) is 0 Å². The van der Waals surface area contributed by atoms with E-state index in [2.05, 4.69) is 5.32 Å². The van der Waals surface area contributed by atoms with Crippen molar-refractivity contribution in [3.8, 4) is 0 Å². The van der Waals surface area contributed by atoms with Crippen LogP contribution >= 0.6 is 35.0 Å². The number of rotatable bonds is 4. The van der Waals surface area contributed by atoms with Gasteiger partial charge in [-0.1, -0.05) is 23.2 Å². The van der Waals surface area contributed by atoms with Gasteiger partial charge in [-0.3, -0.25) is 4.79 Å². The summed E-state index contributed by atoms with van der Waals surface area (Å²) in [4.78, 5) is 10.6. The molecule has 0 saturated carbocycles. The topological polar surface area (TPSA) is 29.1 Å². The van der Waals surface area contributed by atoms with E-state index in [1.807, 2.05) is 0 Å². The van der Waals surface area contributed by atoms with Gasteiger partial charge in [0.05, 0.1) is 10.6 Å². The first-order chi connectivity index (χ1) is 11.2. The molecule has 2 aromatic rings. The van der Waals surface area contributed by atoms with Crippen molar-refractivity contribution in [1.29, 1.82) is 0 Å². The fourth-order valence-electron chi connectivity index (χ4n) is 1.67. The Morgan fingerprint density at radius 3 is 1.83 bits per heavy atom. The van der Waals surface area contributed by atoms with Gasteiger partial charge in [0.2, 0.25) is 11.7 Å². The number of hydrogen-bond donors (Lipinski definition) is 1. The Labute approximate surface area is 146 Å². The minimum absolute atomic E-state index is 0.172. The molecule has 2 nitrogen and oxygen atoms in total. The summed E-state index contributed by atoms with van der Waals surface area (Å²) in [6.45, 7) is 0. The molecule has 0 aromatic heterocycles. The maximum atomic E-state index is 13.5. The fourth-order valence-corrected chi connectivity index (χ4v) is 2.98. The monoisotopic (exact) mass is 401 g/mol. The number of hydrogen-bond acceptors (Lipinski definition) is 2. The molecule has 0 bridgehead atoms. The van der Waals surface area contributed by atoms with Gasteiger partial charge in [0.25, 0.3) is 0 Å². The Morgan fingerprint density at radius 1 is 0.875 bits per heavy atom. The zero-order valence-corrected chi connectivity index (χ0v) is 13.7. The SMILES string of the molecule is O=C(CSc1c(F)c(F)c(F)c(F)c1F)Nc1cc(Cl)cc(Cl)c1. The molecule has 0 fully saturated rings. The maximum Gasteiger partial charge on any atom is 0.234 e. The minimum Gasteiger partial charge on any atom is -0.325 e. The third kappa shape index (κ3) is 4.12. The van der Waals surface area contributed by atoms with Gasteiger partial charge in [-0.15, -0.1) is 11.8 Å². The van der Waals surface area contributed by atoms with Crippen molar-refractivity contribution < 1.29 is 26.7 Å². The Hall–Kier alpha value is -1.51. The van der Waals surface area contributed by atoms with Crippen molar-refractivity contribution in [3.05, 3.63) is 57.3 Å². The van der Waals surface area contributed by atoms with Crippen molar-refractivity contribution in [2.45, 2.75) is 4.90 Å². The number of carbonyl (C=O) groups excluding carboxylic acids is 1. The van der Waals surface area contributed by atoms with Crippen molar-refractivity contribution in [2.24, 2.45) is 0 Å². The van der Waals surface area contributed by atoms with Gasteiger partial charge in [-0.2, -0.15) is 0 Å². The Bertz CT molecular complexity index is 769. The molecule has 0 radical (unpaired) electrons. The van der Waals surface area contributed by atoms with Crippen LogP contribution in [0.5, 0.6) is 0 Å². The van der Waals surface area contributed by atoms with Crippen LogP contribution in [0.15, 0.2) is 23.1 Å². The molecule has 0 aliphatic rings. The fraction of sp³-hybridized carbons (Fsp3) is 0.0714. The lowest BCUT2D eigenvalue weighted by Gasteiger charge is -2.09. The number of thioether (sulfide) groups is 1. The lowest BCUT2D eigenvalue weighted by atomic mass is 10.3. The van der Waals surface area contributed by atoms with E-state index in [9.17, 15) is 26.7 Å². The van der Waals surface area contributed by atoms with Gasteiger partial charge in [0, 0.05) is 15.7 Å². The van der Waals surface area contributed by atoms with Crippen molar-refractivity contribution in [2.75, 3.05) is 11.1 Å². The molecule has 0 saturated heterocycles. The standard InChI is InChI=1S/C14H6Cl2F5NOS/c15-5-1-6(16)3-7(2-5)22-8(23)4-24-14-12(20)10(18)9(17)11(19)13(14)21/h1-3H,4H2,(H,22,23). The zero-order valence-electron chi connectivity index (χ0n) is 11.4. The maximum absolute atomic E-state index is 13.5. The highest BCUT2D eigenvalue weighted by atomic mass is 35.5. The van der Waals surface area contributed by atoms with Crippen LogP contribution in [0.3, 0.4) is 0 Å². The van der Waals surface area contributed by atoms with Gasteiger partial charge in [0.15, 0.2) is 23.3 Å². The van der Waals surface area contributed by atoms with Gasteiger partial charge < -0.3 is 5.32 Å². The molecular weight excluding hydrogens is 396 g/mol. The molecule has 2 aromatic carbocycles. The smallest absolute Gasteiger partial charge is 0.234 e. The summed E-state index contributed by atoms with van der Waals surface area (Å²) in [6, 6.07) is 4.16. The van der Waals surface area contributed by atoms with Crippen LogP contribution in [0.4, 0.5) is 27.6 Å². The summed E-state index contributed by atoms with van der Waals surface area (Å²) in [5.41, 5.74) is 0.218. The highest BCUT2D eigenvalue weighted by molar-refractivity contribution is 8.00. The quantitative estimate of drug-likeness (QED) is 0.320. The average molecular weight is 402 g/mol. The lowest BCUT2D eigenvalue weighted by molar-refractivity contribution is -0.113. The second kappa shape index (κ2) is 7.58. The van der Waals surface area contributed by atoms with E-state index in [0.717, 1.165) is 0 Å². The van der Waals surface area contributed by atoms with Crippen LogP contribution in [0.2, 0.25) is 10.0 Å². The van der Waals surface area contributed by atoms with Crippen LogP contribution in [0.1, 0.15) is 0 Å². The molecular formula is C14H6Cl2F5NOS. The van der Waals surface area contributed by atoms with Gasteiger partial charge in [-0.25, -0.2) is 22.0 Å². The number of amides is 1. The summed E-state index contributed by atoms with van der Waals surface area (Å²) in [6.07, 6.45) is 0. The van der Waals surface area contributed by atoms with Crippen molar-refractivity contribution in [3.63, 3.8) is 0 Å². The molecule has 24 heavy (non-hydrogen) atoms. The number of halogens is 7. The Balaban J connectivity index is 2.12. The number of benzene rings is 2. The highest BCUT2D eigenvalue weighted by Gasteiger charge is 2.26.